The number of carbonyl (C=O) groups is 1. The quantitative estimate of drug-likeness (QED) is 0.397. The monoisotopic (exact) mass is 447 g/mol. The largest absolute Gasteiger partial charge is 0.364 e. The molecular weight excluding hydrogens is 422 g/mol. The van der Waals surface area contributed by atoms with E-state index in [2.05, 4.69) is 62.3 Å². The number of nitrogens with one attached hydrogen (secondary N) is 2. The summed E-state index contributed by atoms with van der Waals surface area (Å²) < 4.78 is 0. The number of hydrogen-bond acceptors (Lipinski definition) is 3. The highest BCUT2D eigenvalue weighted by atomic mass is 16.2. The number of fused-ring (bicyclic) bond motifs is 2. The van der Waals surface area contributed by atoms with Crippen LogP contribution in [0.3, 0.4) is 0 Å². The minimum atomic E-state index is 0.0563. The second-order valence-corrected chi connectivity index (χ2v) is 8.70. The molecule has 6 nitrogen and oxygen atoms in total. The first kappa shape index (κ1) is 20.3. The van der Waals surface area contributed by atoms with Gasteiger partial charge in [-0.15, -0.1) is 0 Å². The van der Waals surface area contributed by atoms with Crippen LogP contribution in [0.2, 0.25) is 0 Å². The molecule has 0 aliphatic carbocycles. The molecule has 6 heteroatoms. The second-order valence-electron chi connectivity index (χ2n) is 8.70. The zero-order valence-electron chi connectivity index (χ0n) is 18.7. The number of amides is 1. The molecular formula is C28H25N5O. The SMILES string of the molecule is O=C(c1ccc2[nH]ccc2c1)N1CCN(Cc2c[nH]cn2)c2ccc(-c3ccccc3)cc2C1. The van der Waals surface area contributed by atoms with Crippen molar-refractivity contribution in [3.63, 3.8) is 0 Å². The predicted molar refractivity (Wildman–Crippen MR) is 135 cm³/mol. The molecule has 3 aromatic carbocycles. The van der Waals surface area contributed by atoms with Crippen LogP contribution in [-0.4, -0.2) is 38.8 Å². The summed E-state index contributed by atoms with van der Waals surface area (Å²) in [7, 11) is 0. The zero-order valence-corrected chi connectivity index (χ0v) is 18.7. The lowest BCUT2D eigenvalue weighted by atomic mass is 10.0. The zero-order chi connectivity index (χ0) is 22.9. The lowest BCUT2D eigenvalue weighted by Crippen LogP contribution is -2.35. The first-order valence-electron chi connectivity index (χ1n) is 11.5. The fourth-order valence-corrected chi connectivity index (χ4v) is 4.76. The minimum Gasteiger partial charge on any atom is -0.364 e. The molecule has 34 heavy (non-hydrogen) atoms. The van der Waals surface area contributed by atoms with Crippen LogP contribution in [0.15, 0.2) is 91.5 Å². The number of aromatic nitrogens is 3. The lowest BCUT2D eigenvalue weighted by molar-refractivity contribution is 0.0751. The normalized spacial score (nSPS) is 13.6. The van der Waals surface area contributed by atoms with E-state index in [4.69, 9.17) is 0 Å². The molecule has 2 N–H and O–H groups in total. The highest BCUT2D eigenvalue weighted by Gasteiger charge is 2.25. The number of anilines is 1. The van der Waals surface area contributed by atoms with Gasteiger partial charge in [0.25, 0.3) is 5.91 Å². The average Bonchev–Trinajstić information content (AvgIpc) is 3.54. The maximum absolute atomic E-state index is 13.6. The van der Waals surface area contributed by atoms with Crippen LogP contribution in [0.5, 0.6) is 0 Å². The fourth-order valence-electron chi connectivity index (χ4n) is 4.76. The molecule has 1 amide bonds. The van der Waals surface area contributed by atoms with Crippen molar-refractivity contribution < 1.29 is 4.79 Å². The van der Waals surface area contributed by atoms with Crippen molar-refractivity contribution in [2.45, 2.75) is 13.1 Å². The Balaban J connectivity index is 1.36. The number of benzene rings is 3. The van der Waals surface area contributed by atoms with Crippen molar-refractivity contribution in [2.75, 3.05) is 18.0 Å². The molecule has 0 atom stereocenters. The number of carbonyl (C=O) groups excluding carboxylic acids is 1. The summed E-state index contributed by atoms with van der Waals surface area (Å²) in [6.45, 7) is 2.64. The van der Waals surface area contributed by atoms with Crippen LogP contribution in [-0.2, 0) is 13.1 Å². The Morgan fingerprint density at radius 1 is 0.941 bits per heavy atom. The van der Waals surface area contributed by atoms with Crippen molar-refractivity contribution in [1.29, 1.82) is 0 Å². The van der Waals surface area contributed by atoms with E-state index in [9.17, 15) is 4.79 Å². The third kappa shape index (κ3) is 3.83. The van der Waals surface area contributed by atoms with Gasteiger partial charge in [-0.05, 0) is 53.1 Å². The Hall–Kier alpha value is -4.32. The van der Waals surface area contributed by atoms with Gasteiger partial charge in [0.1, 0.15) is 0 Å². The molecule has 0 spiro atoms. The van der Waals surface area contributed by atoms with Crippen molar-refractivity contribution in [2.24, 2.45) is 0 Å². The molecule has 0 saturated heterocycles. The van der Waals surface area contributed by atoms with E-state index in [0.29, 0.717) is 25.2 Å². The summed E-state index contributed by atoms with van der Waals surface area (Å²) in [6.07, 6.45) is 5.54. The standard InChI is InChI=1S/C28H25N5O/c34-28(23-6-8-26-22(15-23)10-11-30-26)33-13-12-32(18-25-16-29-19-31-25)27-9-7-21(14-24(27)17-33)20-4-2-1-3-5-20/h1-11,14-16,19,30H,12-13,17-18H2,(H,29,31). The van der Waals surface area contributed by atoms with Crippen LogP contribution >= 0.6 is 0 Å². The molecule has 6 rings (SSSR count). The van der Waals surface area contributed by atoms with Gasteiger partial charge in [-0.2, -0.15) is 0 Å². The van der Waals surface area contributed by atoms with E-state index in [1.54, 1.807) is 6.33 Å². The van der Waals surface area contributed by atoms with Gasteiger partial charge >= 0.3 is 0 Å². The summed E-state index contributed by atoms with van der Waals surface area (Å²) in [5.41, 5.74) is 7.36. The van der Waals surface area contributed by atoms with E-state index >= 15 is 0 Å². The number of aromatic amines is 2. The number of rotatable bonds is 4. The van der Waals surface area contributed by atoms with Gasteiger partial charge in [0.05, 0.1) is 18.6 Å². The maximum Gasteiger partial charge on any atom is 0.254 e. The molecule has 0 bridgehead atoms. The number of H-pyrrole nitrogens is 2. The summed E-state index contributed by atoms with van der Waals surface area (Å²) in [4.78, 5) is 28.5. The predicted octanol–water partition coefficient (Wildman–Crippen LogP) is 5.22. The Kier molecular flexibility index (Phi) is 5.11. The highest BCUT2D eigenvalue weighted by molar-refractivity contribution is 5.98. The van der Waals surface area contributed by atoms with Crippen LogP contribution in [0.4, 0.5) is 5.69 Å². The van der Waals surface area contributed by atoms with Gasteiger partial charge in [0.2, 0.25) is 0 Å². The van der Waals surface area contributed by atoms with Gasteiger partial charge in [-0.25, -0.2) is 4.98 Å². The van der Waals surface area contributed by atoms with Crippen molar-refractivity contribution in [3.8, 4) is 11.1 Å². The van der Waals surface area contributed by atoms with Crippen LogP contribution in [0.1, 0.15) is 21.6 Å². The lowest BCUT2D eigenvalue weighted by Gasteiger charge is -2.24. The second kappa shape index (κ2) is 8.56. The summed E-state index contributed by atoms with van der Waals surface area (Å²) in [5.74, 6) is 0.0563. The van der Waals surface area contributed by atoms with Crippen molar-refractivity contribution >= 4 is 22.5 Å². The first-order chi connectivity index (χ1) is 16.7. The summed E-state index contributed by atoms with van der Waals surface area (Å²) >= 11 is 0. The van der Waals surface area contributed by atoms with Gasteiger partial charge < -0.3 is 19.8 Å². The van der Waals surface area contributed by atoms with E-state index in [1.165, 1.54) is 5.56 Å². The summed E-state index contributed by atoms with van der Waals surface area (Å²) in [6, 6.07) is 24.8. The Labute approximate surface area is 197 Å². The molecule has 168 valence electrons. The van der Waals surface area contributed by atoms with E-state index in [1.807, 2.05) is 47.6 Å². The number of imidazole rings is 1. The van der Waals surface area contributed by atoms with Gasteiger partial charge in [-0.1, -0.05) is 36.4 Å². The van der Waals surface area contributed by atoms with E-state index < -0.39 is 0 Å². The third-order valence-corrected chi connectivity index (χ3v) is 6.52. The number of nitrogens with zero attached hydrogens (tertiary/aromatic N) is 3. The van der Waals surface area contributed by atoms with Crippen LogP contribution in [0.25, 0.3) is 22.0 Å². The summed E-state index contributed by atoms with van der Waals surface area (Å²) in [5, 5.41) is 1.05. The van der Waals surface area contributed by atoms with Crippen molar-refractivity contribution in [1.82, 2.24) is 19.9 Å². The fraction of sp³-hybridized carbons (Fsp3) is 0.143. The minimum absolute atomic E-state index is 0.0563. The molecule has 0 saturated carbocycles. The molecule has 0 unspecified atom stereocenters. The van der Waals surface area contributed by atoms with Gasteiger partial charge in [-0.3, -0.25) is 4.79 Å². The number of hydrogen-bond donors (Lipinski definition) is 2. The molecule has 2 aromatic heterocycles. The molecule has 3 heterocycles. The van der Waals surface area contributed by atoms with Gasteiger partial charge in [0, 0.05) is 54.2 Å². The van der Waals surface area contributed by atoms with Crippen molar-refractivity contribution in [3.05, 3.63) is 108 Å². The maximum atomic E-state index is 13.6. The van der Waals surface area contributed by atoms with Gasteiger partial charge in [0.15, 0.2) is 0 Å². The Morgan fingerprint density at radius 3 is 2.71 bits per heavy atom. The van der Waals surface area contributed by atoms with E-state index in [-0.39, 0.29) is 5.91 Å². The third-order valence-electron chi connectivity index (χ3n) is 6.52. The highest BCUT2D eigenvalue weighted by Crippen LogP contribution is 2.32. The molecule has 1 aliphatic rings. The molecule has 1 aliphatic heterocycles. The van der Waals surface area contributed by atoms with Crippen LogP contribution in [0, 0.1) is 0 Å². The molecule has 5 aromatic rings. The smallest absolute Gasteiger partial charge is 0.254 e. The first-order valence-corrected chi connectivity index (χ1v) is 11.5. The van der Waals surface area contributed by atoms with Crippen LogP contribution < -0.4 is 4.90 Å². The average molecular weight is 448 g/mol. The Bertz CT molecular complexity index is 1440. The van der Waals surface area contributed by atoms with E-state index in [0.717, 1.165) is 40.0 Å². The Morgan fingerprint density at radius 2 is 1.85 bits per heavy atom. The molecule has 0 radical (unpaired) electrons. The molecule has 0 fully saturated rings. The topological polar surface area (TPSA) is 68.0 Å².